The molecule has 0 fully saturated rings. The van der Waals surface area contributed by atoms with Gasteiger partial charge in [-0.15, -0.1) is 0 Å². The van der Waals surface area contributed by atoms with Gasteiger partial charge >= 0.3 is 0 Å². The van der Waals surface area contributed by atoms with Crippen molar-refractivity contribution >= 4 is 39.1 Å². The Morgan fingerprint density at radius 3 is 2.16 bits per heavy atom. The number of carbonyl (C=O) groups is 2. The normalized spacial score (nSPS) is 11.8. The molecule has 1 atom stereocenters. The number of ether oxygens (including phenoxy) is 1. The number of likely N-dealkylation sites (N-methyl/N-ethyl adjacent to an activating group) is 1. The number of methoxy groups -OCH3 is 1. The first-order valence-electron chi connectivity index (χ1n) is 13.7. The van der Waals surface area contributed by atoms with E-state index in [9.17, 15) is 18.0 Å². The molecule has 4 aromatic rings. The molecule has 8 nitrogen and oxygen atoms in total. The van der Waals surface area contributed by atoms with Crippen LogP contribution in [0.3, 0.4) is 0 Å². The predicted molar refractivity (Wildman–Crippen MR) is 169 cm³/mol. The number of aryl methyl sites for hydroxylation is 1. The third-order valence-corrected chi connectivity index (χ3v) is 9.20. The zero-order valence-electron chi connectivity index (χ0n) is 24.2. The van der Waals surface area contributed by atoms with Gasteiger partial charge in [-0.05, 0) is 48.4 Å². The van der Waals surface area contributed by atoms with Crippen molar-refractivity contribution in [3.8, 4) is 5.75 Å². The number of nitrogens with one attached hydrogen (secondary N) is 1. The van der Waals surface area contributed by atoms with E-state index in [1.807, 2.05) is 37.3 Å². The number of sulfonamides is 1. The lowest BCUT2D eigenvalue weighted by molar-refractivity contribution is -0.139. The minimum absolute atomic E-state index is 0.0154. The third kappa shape index (κ3) is 7.55. The highest BCUT2D eigenvalue weighted by Gasteiger charge is 2.35. The molecule has 0 aliphatic heterocycles. The van der Waals surface area contributed by atoms with Crippen LogP contribution in [0.2, 0.25) is 5.02 Å². The maximum atomic E-state index is 14.4. The summed E-state index contributed by atoms with van der Waals surface area (Å²) < 4.78 is 34.8. The van der Waals surface area contributed by atoms with Crippen LogP contribution in [0.1, 0.15) is 16.7 Å². The van der Waals surface area contributed by atoms with E-state index in [0.29, 0.717) is 10.6 Å². The topological polar surface area (TPSA) is 96.0 Å². The number of para-hydroxylation sites is 2. The van der Waals surface area contributed by atoms with Crippen molar-refractivity contribution in [3.05, 3.63) is 125 Å². The summed E-state index contributed by atoms with van der Waals surface area (Å²) >= 11 is 6.50. The number of anilines is 1. The molecule has 0 heterocycles. The van der Waals surface area contributed by atoms with E-state index in [1.165, 1.54) is 31.2 Å². The lowest BCUT2D eigenvalue weighted by Crippen LogP contribution is -2.53. The van der Waals surface area contributed by atoms with Crippen molar-refractivity contribution in [2.24, 2.45) is 0 Å². The van der Waals surface area contributed by atoms with Gasteiger partial charge in [-0.3, -0.25) is 13.9 Å². The van der Waals surface area contributed by atoms with Crippen LogP contribution in [0.25, 0.3) is 0 Å². The summed E-state index contributed by atoms with van der Waals surface area (Å²) in [5.41, 5.74) is 2.53. The summed E-state index contributed by atoms with van der Waals surface area (Å²) in [5, 5.41) is 3.09. The maximum Gasteiger partial charge on any atom is 0.264 e. The predicted octanol–water partition coefficient (Wildman–Crippen LogP) is 5.24. The lowest BCUT2D eigenvalue weighted by atomic mass is 10.0. The molecule has 43 heavy (non-hydrogen) atoms. The van der Waals surface area contributed by atoms with Crippen LogP contribution < -0.4 is 14.4 Å². The third-order valence-electron chi connectivity index (χ3n) is 7.06. The molecule has 0 aliphatic rings. The minimum atomic E-state index is -4.24. The van der Waals surface area contributed by atoms with Gasteiger partial charge in [0.1, 0.15) is 18.3 Å². The van der Waals surface area contributed by atoms with E-state index in [-0.39, 0.29) is 29.3 Å². The van der Waals surface area contributed by atoms with Gasteiger partial charge < -0.3 is 15.0 Å². The molecule has 4 aromatic carbocycles. The van der Waals surface area contributed by atoms with E-state index < -0.39 is 34.4 Å². The highest BCUT2D eigenvalue weighted by atomic mass is 35.5. The number of hydrogen-bond acceptors (Lipinski definition) is 5. The monoisotopic (exact) mass is 619 g/mol. The fraction of sp³-hybridized carbons (Fsp3) is 0.212. The van der Waals surface area contributed by atoms with Gasteiger partial charge in [-0.2, -0.15) is 0 Å². The van der Waals surface area contributed by atoms with E-state index in [0.717, 1.165) is 15.4 Å². The Hall–Kier alpha value is -4.34. The van der Waals surface area contributed by atoms with Gasteiger partial charge in [0.05, 0.1) is 17.7 Å². The molecule has 1 N–H and O–H groups in total. The number of carbonyl (C=O) groups excluding carboxylic acids is 2. The minimum Gasteiger partial charge on any atom is -0.495 e. The molecule has 0 bridgehead atoms. The summed E-state index contributed by atoms with van der Waals surface area (Å²) in [7, 11) is -1.31. The molecule has 1 unspecified atom stereocenters. The van der Waals surface area contributed by atoms with Crippen LogP contribution >= 0.6 is 11.6 Å². The van der Waals surface area contributed by atoms with Gasteiger partial charge in [0.2, 0.25) is 11.8 Å². The quantitative estimate of drug-likeness (QED) is 0.234. The highest BCUT2D eigenvalue weighted by Crippen LogP contribution is 2.33. The molecule has 10 heteroatoms. The van der Waals surface area contributed by atoms with Crippen LogP contribution in [0.5, 0.6) is 5.75 Å². The van der Waals surface area contributed by atoms with Crippen LogP contribution in [0, 0.1) is 6.92 Å². The van der Waals surface area contributed by atoms with Gasteiger partial charge in [0.15, 0.2) is 0 Å². The first-order chi connectivity index (χ1) is 20.6. The Labute approximate surface area is 257 Å². The molecular formula is C33H34ClN3O5S. The van der Waals surface area contributed by atoms with Crippen molar-refractivity contribution in [1.82, 2.24) is 10.2 Å². The van der Waals surface area contributed by atoms with E-state index in [2.05, 4.69) is 5.32 Å². The van der Waals surface area contributed by atoms with Crippen molar-refractivity contribution < 1.29 is 22.7 Å². The average molecular weight is 620 g/mol. The van der Waals surface area contributed by atoms with E-state index in [1.54, 1.807) is 60.7 Å². The van der Waals surface area contributed by atoms with Gasteiger partial charge in [0, 0.05) is 25.0 Å². The molecule has 2 amide bonds. The number of amides is 2. The molecular weight excluding hydrogens is 586 g/mol. The number of rotatable bonds is 12. The van der Waals surface area contributed by atoms with Gasteiger partial charge in [0.25, 0.3) is 10.0 Å². The molecule has 0 saturated heterocycles. The second-order valence-corrected chi connectivity index (χ2v) is 12.2. The van der Waals surface area contributed by atoms with Crippen molar-refractivity contribution in [2.75, 3.05) is 25.0 Å². The number of nitrogens with zero attached hydrogens (tertiary/aromatic N) is 2. The van der Waals surface area contributed by atoms with Gasteiger partial charge in [-0.1, -0.05) is 90.0 Å². The zero-order chi connectivity index (χ0) is 31.0. The fourth-order valence-corrected chi connectivity index (χ4v) is 6.34. The molecule has 0 aromatic heterocycles. The molecule has 0 saturated carbocycles. The summed E-state index contributed by atoms with van der Waals surface area (Å²) in [5.74, 6) is -0.712. The van der Waals surface area contributed by atoms with E-state index in [4.69, 9.17) is 16.3 Å². The smallest absolute Gasteiger partial charge is 0.264 e. The summed E-state index contributed by atoms with van der Waals surface area (Å²) in [6.45, 7) is 1.24. The first-order valence-corrected chi connectivity index (χ1v) is 15.5. The van der Waals surface area contributed by atoms with Crippen molar-refractivity contribution in [2.45, 2.75) is 30.8 Å². The second kappa shape index (κ2) is 14.2. The van der Waals surface area contributed by atoms with Crippen molar-refractivity contribution in [3.63, 3.8) is 0 Å². The van der Waals surface area contributed by atoms with Crippen LogP contribution in [-0.4, -0.2) is 51.9 Å². The Kier molecular flexibility index (Phi) is 10.4. The standard InChI is InChI=1S/C33H34ClN3O5S/c1-24-17-19-27(20-18-24)43(40,41)37(29-15-9-10-16-31(29)42-3)23-32(38)36(22-26-13-7-8-14-28(26)34)30(33(39)35-2)21-25-11-5-4-6-12-25/h4-20,30H,21-23H2,1-3H3,(H,35,39). The first kappa shape index (κ1) is 31.6. The zero-order valence-corrected chi connectivity index (χ0v) is 25.8. The Morgan fingerprint density at radius 1 is 0.884 bits per heavy atom. The summed E-state index contributed by atoms with van der Waals surface area (Å²) in [6, 6.07) is 28.4. The largest absolute Gasteiger partial charge is 0.495 e. The Morgan fingerprint density at radius 2 is 1.51 bits per heavy atom. The van der Waals surface area contributed by atoms with Crippen LogP contribution in [0.4, 0.5) is 5.69 Å². The number of hydrogen-bond donors (Lipinski definition) is 1. The fourth-order valence-electron chi connectivity index (χ4n) is 4.72. The molecule has 4 rings (SSSR count). The SMILES string of the molecule is CNC(=O)C(Cc1ccccc1)N(Cc1ccccc1Cl)C(=O)CN(c1ccccc1OC)S(=O)(=O)c1ccc(C)cc1. The van der Waals surface area contributed by atoms with Gasteiger partial charge in [-0.25, -0.2) is 8.42 Å². The molecule has 0 spiro atoms. The second-order valence-electron chi connectivity index (χ2n) is 9.93. The molecule has 0 radical (unpaired) electrons. The van der Waals surface area contributed by atoms with Crippen molar-refractivity contribution in [1.29, 1.82) is 0 Å². The maximum absolute atomic E-state index is 14.4. The molecule has 224 valence electrons. The Balaban J connectivity index is 1.82. The van der Waals surface area contributed by atoms with E-state index >= 15 is 0 Å². The lowest BCUT2D eigenvalue weighted by Gasteiger charge is -2.34. The van der Waals surface area contributed by atoms with Crippen LogP contribution in [-0.2, 0) is 32.6 Å². The number of halogens is 1. The highest BCUT2D eigenvalue weighted by molar-refractivity contribution is 7.92. The Bertz CT molecular complexity index is 1660. The average Bonchev–Trinajstić information content (AvgIpc) is 3.02. The van der Waals surface area contributed by atoms with Crippen LogP contribution in [0.15, 0.2) is 108 Å². The summed E-state index contributed by atoms with van der Waals surface area (Å²) in [4.78, 5) is 29.1. The molecule has 0 aliphatic carbocycles. The number of benzene rings is 4. The summed E-state index contributed by atoms with van der Waals surface area (Å²) in [6.07, 6.45) is 0.204.